The molecular formula is C4H10N2S. The standard InChI is InChI=1S/C4H10N2S/c1-3-7-4(5)6-2/h3H2,1-2H3,(H2,5,6). The van der Waals surface area contributed by atoms with Crippen LogP contribution in [0.3, 0.4) is 0 Å². The highest BCUT2D eigenvalue weighted by atomic mass is 32.2. The molecule has 0 aliphatic heterocycles. The first-order chi connectivity index (χ1) is 3.31. The molecule has 0 bridgehead atoms. The Morgan fingerprint density at radius 2 is 2.43 bits per heavy atom. The lowest BCUT2D eigenvalue weighted by atomic mass is 11.0. The van der Waals surface area contributed by atoms with E-state index in [0.29, 0.717) is 5.17 Å². The van der Waals surface area contributed by atoms with Gasteiger partial charge in [0.15, 0.2) is 5.17 Å². The van der Waals surface area contributed by atoms with E-state index in [0.717, 1.165) is 5.75 Å². The zero-order valence-electron chi connectivity index (χ0n) is 4.64. The van der Waals surface area contributed by atoms with Crippen LogP contribution in [0.15, 0.2) is 4.99 Å². The summed E-state index contributed by atoms with van der Waals surface area (Å²) in [5, 5.41) is 0.669. The maximum atomic E-state index is 5.30. The number of nitrogens with two attached hydrogens (primary N) is 1. The molecule has 2 nitrogen and oxygen atoms in total. The minimum Gasteiger partial charge on any atom is -0.379 e. The monoisotopic (exact) mass is 118 g/mol. The summed E-state index contributed by atoms with van der Waals surface area (Å²) in [6, 6.07) is 0. The van der Waals surface area contributed by atoms with E-state index in [-0.39, 0.29) is 0 Å². The van der Waals surface area contributed by atoms with Crippen LogP contribution in [0.5, 0.6) is 0 Å². The summed E-state index contributed by atoms with van der Waals surface area (Å²) in [5.41, 5.74) is 5.30. The first-order valence-electron chi connectivity index (χ1n) is 2.16. The molecule has 0 aromatic carbocycles. The normalized spacial score (nSPS) is 12.0. The fourth-order valence-electron chi connectivity index (χ4n) is 0.212. The predicted molar refractivity (Wildman–Crippen MR) is 35.7 cm³/mol. The molecule has 0 spiro atoms. The molecule has 0 radical (unpaired) electrons. The third-order valence-electron chi connectivity index (χ3n) is 0.513. The Kier molecular flexibility index (Phi) is 3.89. The van der Waals surface area contributed by atoms with E-state index in [1.807, 2.05) is 6.92 Å². The van der Waals surface area contributed by atoms with Crippen molar-refractivity contribution >= 4 is 16.9 Å². The first kappa shape index (κ1) is 6.82. The highest BCUT2D eigenvalue weighted by molar-refractivity contribution is 8.13. The lowest BCUT2D eigenvalue weighted by molar-refractivity contribution is 1.43. The Morgan fingerprint density at radius 3 is 2.57 bits per heavy atom. The summed E-state index contributed by atoms with van der Waals surface area (Å²) < 4.78 is 0. The van der Waals surface area contributed by atoms with Crippen molar-refractivity contribution in [3.8, 4) is 0 Å². The molecule has 0 unspecified atom stereocenters. The minimum atomic E-state index is 0.669. The lowest BCUT2D eigenvalue weighted by Gasteiger charge is -1.89. The molecule has 0 aromatic heterocycles. The summed E-state index contributed by atoms with van der Waals surface area (Å²) in [7, 11) is 1.69. The van der Waals surface area contributed by atoms with Crippen molar-refractivity contribution in [1.29, 1.82) is 0 Å². The van der Waals surface area contributed by atoms with E-state index < -0.39 is 0 Å². The molecule has 0 fully saturated rings. The Bertz CT molecular complexity index is 70.1. The van der Waals surface area contributed by atoms with Crippen molar-refractivity contribution in [2.75, 3.05) is 12.8 Å². The summed E-state index contributed by atoms with van der Waals surface area (Å²) in [4.78, 5) is 3.74. The molecule has 42 valence electrons. The topological polar surface area (TPSA) is 38.4 Å². The average Bonchev–Trinajstić information content (AvgIpc) is 1.68. The van der Waals surface area contributed by atoms with Crippen molar-refractivity contribution in [2.24, 2.45) is 10.7 Å². The molecular weight excluding hydrogens is 108 g/mol. The molecule has 0 atom stereocenters. The van der Waals surface area contributed by atoms with Crippen LogP contribution in [0.1, 0.15) is 6.92 Å². The minimum absolute atomic E-state index is 0.669. The molecule has 3 heteroatoms. The molecule has 0 rings (SSSR count). The van der Waals surface area contributed by atoms with Crippen molar-refractivity contribution < 1.29 is 0 Å². The van der Waals surface area contributed by atoms with Crippen LogP contribution >= 0.6 is 11.8 Å². The van der Waals surface area contributed by atoms with E-state index in [9.17, 15) is 0 Å². The summed E-state index contributed by atoms with van der Waals surface area (Å²) in [5.74, 6) is 1.00. The van der Waals surface area contributed by atoms with Crippen molar-refractivity contribution in [3.05, 3.63) is 0 Å². The number of thioether (sulfide) groups is 1. The molecule has 0 aliphatic carbocycles. The molecule has 0 aromatic rings. The number of aliphatic imine (C=N–C) groups is 1. The van der Waals surface area contributed by atoms with E-state index in [2.05, 4.69) is 4.99 Å². The van der Waals surface area contributed by atoms with Crippen LogP contribution in [0.4, 0.5) is 0 Å². The molecule has 0 aliphatic rings. The molecule has 0 saturated carbocycles. The van der Waals surface area contributed by atoms with Gasteiger partial charge in [0, 0.05) is 7.05 Å². The van der Waals surface area contributed by atoms with Crippen LogP contribution in [-0.4, -0.2) is 18.0 Å². The Labute approximate surface area is 48.2 Å². The molecule has 0 saturated heterocycles. The van der Waals surface area contributed by atoms with Gasteiger partial charge in [-0.3, -0.25) is 4.99 Å². The van der Waals surface area contributed by atoms with Gasteiger partial charge in [0.25, 0.3) is 0 Å². The number of amidine groups is 1. The van der Waals surface area contributed by atoms with Crippen LogP contribution < -0.4 is 5.73 Å². The lowest BCUT2D eigenvalue weighted by Crippen LogP contribution is -2.05. The van der Waals surface area contributed by atoms with Crippen molar-refractivity contribution in [1.82, 2.24) is 0 Å². The number of nitrogens with zero attached hydrogens (tertiary/aromatic N) is 1. The van der Waals surface area contributed by atoms with Gasteiger partial charge in [-0.15, -0.1) is 0 Å². The number of rotatable bonds is 1. The largest absolute Gasteiger partial charge is 0.379 e. The van der Waals surface area contributed by atoms with Gasteiger partial charge in [-0.1, -0.05) is 18.7 Å². The molecule has 0 amide bonds. The van der Waals surface area contributed by atoms with E-state index in [1.165, 1.54) is 0 Å². The van der Waals surface area contributed by atoms with Crippen LogP contribution in [-0.2, 0) is 0 Å². The summed E-state index contributed by atoms with van der Waals surface area (Å²) in [6.45, 7) is 2.04. The maximum Gasteiger partial charge on any atom is 0.153 e. The second kappa shape index (κ2) is 3.99. The highest BCUT2D eigenvalue weighted by Gasteiger charge is 1.82. The molecule has 7 heavy (non-hydrogen) atoms. The smallest absolute Gasteiger partial charge is 0.153 e. The highest BCUT2D eigenvalue weighted by Crippen LogP contribution is 1.95. The third kappa shape index (κ3) is 3.66. The van der Waals surface area contributed by atoms with Gasteiger partial charge in [0.2, 0.25) is 0 Å². The second-order valence-corrected chi connectivity index (χ2v) is 2.28. The van der Waals surface area contributed by atoms with Crippen LogP contribution in [0.25, 0.3) is 0 Å². The van der Waals surface area contributed by atoms with Gasteiger partial charge in [0.05, 0.1) is 0 Å². The van der Waals surface area contributed by atoms with Gasteiger partial charge in [-0.05, 0) is 5.75 Å². The predicted octanol–water partition coefficient (Wildman–Crippen LogP) is 0.684. The Morgan fingerprint density at radius 1 is 1.86 bits per heavy atom. The SMILES string of the molecule is CCS/C(N)=N\C. The maximum absolute atomic E-state index is 5.30. The van der Waals surface area contributed by atoms with E-state index in [4.69, 9.17) is 5.73 Å². The average molecular weight is 118 g/mol. The second-order valence-electron chi connectivity index (χ2n) is 0.995. The van der Waals surface area contributed by atoms with Gasteiger partial charge in [-0.25, -0.2) is 0 Å². The molecule has 0 heterocycles. The first-order valence-corrected chi connectivity index (χ1v) is 3.15. The van der Waals surface area contributed by atoms with Gasteiger partial charge >= 0.3 is 0 Å². The molecule has 2 N–H and O–H groups in total. The number of hydrogen-bond donors (Lipinski definition) is 1. The fourth-order valence-corrected chi connectivity index (χ4v) is 0.637. The van der Waals surface area contributed by atoms with Crippen LogP contribution in [0, 0.1) is 0 Å². The van der Waals surface area contributed by atoms with Crippen molar-refractivity contribution in [2.45, 2.75) is 6.92 Å². The van der Waals surface area contributed by atoms with Gasteiger partial charge < -0.3 is 5.73 Å². The Hall–Kier alpha value is -0.180. The van der Waals surface area contributed by atoms with Crippen LogP contribution in [0.2, 0.25) is 0 Å². The van der Waals surface area contributed by atoms with Gasteiger partial charge in [-0.2, -0.15) is 0 Å². The number of hydrogen-bond acceptors (Lipinski definition) is 2. The zero-order chi connectivity index (χ0) is 5.70. The fraction of sp³-hybridized carbons (Fsp3) is 0.750. The zero-order valence-corrected chi connectivity index (χ0v) is 5.46. The Balaban J connectivity index is 3.17. The third-order valence-corrected chi connectivity index (χ3v) is 1.28. The quantitative estimate of drug-likeness (QED) is 0.406. The van der Waals surface area contributed by atoms with E-state index in [1.54, 1.807) is 18.8 Å². The van der Waals surface area contributed by atoms with Gasteiger partial charge in [0.1, 0.15) is 0 Å². The van der Waals surface area contributed by atoms with E-state index >= 15 is 0 Å². The van der Waals surface area contributed by atoms with Crippen molar-refractivity contribution in [3.63, 3.8) is 0 Å². The summed E-state index contributed by atoms with van der Waals surface area (Å²) in [6.07, 6.45) is 0. The summed E-state index contributed by atoms with van der Waals surface area (Å²) >= 11 is 1.56.